The highest BCUT2D eigenvalue weighted by Gasteiger charge is 2.17. The Morgan fingerprint density at radius 1 is 1.23 bits per heavy atom. The number of benzene rings is 2. The molecule has 0 saturated heterocycles. The molecule has 0 spiro atoms. The third-order valence-electron chi connectivity index (χ3n) is 2.73. The largest absolute Gasteiger partial charge is 0.478 e. The van der Waals surface area contributed by atoms with Crippen LogP contribution in [0.1, 0.15) is 15.9 Å². The molecule has 0 unspecified atom stereocenters. The average molecular weight is 385 g/mol. The Morgan fingerprint density at radius 3 is 2.55 bits per heavy atom. The summed E-state index contributed by atoms with van der Waals surface area (Å²) in [7, 11) is 0. The third-order valence-corrected chi connectivity index (χ3v) is 3.48. The summed E-state index contributed by atoms with van der Waals surface area (Å²) >= 11 is 9.13. The number of rotatable bonds is 4. The van der Waals surface area contributed by atoms with Crippen molar-refractivity contribution in [2.24, 2.45) is 0 Å². The first-order chi connectivity index (χ1) is 10.5. The molecule has 2 aromatic carbocycles. The molecule has 1 amide bonds. The van der Waals surface area contributed by atoms with Crippen molar-refractivity contribution < 1.29 is 19.4 Å². The molecule has 0 aliphatic rings. The lowest BCUT2D eigenvalue weighted by atomic mass is 10.2. The normalized spacial score (nSPS) is 10.1. The van der Waals surface area contributed by atoms with Crippen LogP contribution in [0.25, 0.3) is 0 Å². The summed E-state index contributed by atoms with van der Waals surface area (Å²) in [5.74, 6) is -1.21. The van der Waals surface area contributed by atoms with Crippen LogP contribution in [0.2, 0.25) is 5.02 Å². The fourth-order valence-corrected chi connectivity index (χ4v) is 2.59. The molecule has 0 aliphatic heterocycles. The Hall–Kier alpha value is -2.05. The van der Waals surface area contributed by atoms with Gasteiger partial charge in [-0.2, -0.15) is 0 Å². The van der Waals surface area contributed by atoms with Crippen LogP contribution in [0, 0.1) is 0 Å². The third kappa shape index (κ3) is 4.22. The number of ether oxygens (including phenoxy) is 1. The summed E-state index contributed by atoms with van der Waals surface area (Å²) < 4.78 is 5.54. The van der Waals surface area contributed by atoms with Gasteiger partial charge in [0.1, 0.15) is 6.61 Å². The van der Waals surface area contributed by atoms with Gasteiger partial charge in [-0.3, -0.25) is 5.32 Å². The summed E-state index contributed by atoms with van der Waals surface area (Å²) in [5, 5.41) is 11.6. The van der Waals surface area contributed by atoms with Crippen LogP contribution in [0.5, 0.6) is 0 Å². The van der Waals surface area contributed by atoms with Crippen LogP contribution < -0.4 is 5.32 Å². The Kier molecular flexibility index (Phi) is 5.41. The average Bonchev–Trinajstić information content (AvgIpc) is 2.48. The van der Waals surface area contributed by atoms with Gasteiger partial charge >= 0.3 is 12.1 Å². The maximum atomic E-state index is 11.8. The van der Waals surface area contributed by atoms with Crippen LogP contribution in [0.3, 0.4) is 0 Å². The van der Waals surface area contributed by atoms with Crippen molar-refractivity contribution in [2.45, 2.75) is 6.61 Å². The first-order valence-corrected chi connectivity index (χ1v) is 7.34. The number of halogens is 2. The maximum Gasteiger partial charge on any atom is 0.412 e. The lowest BCUT2D eigenvalue weighted by Crippen LogP contribution is -2.16. The molecule has 7 heteroatoms. The zero-order chi connectivity index (χ0) is 16.1. The molecule has 2 aromatic rings. The van der Waals surface area contributed by atoms with Gasteiger partial charge in [-0.1, -0.05) is 57.9 Å². The summed E-state index contributed by atoms with van der Waals surface area (Å²) in [4.78, 5) is 23.0. The molecular weight excluding hydrogens is 374 g/mol. The molecule has 0 atom stereocenters. The van der Waals surface area contributed by atoms with Crippen LogP contribution in [0.4, 0.5) is 10.5 Å². The van der Waals surface area contributed by atoms with Crippen LogP contribution in [0.15, 0.2) is 46.9 Å². The number of carboxylic acids is 1. The van der Waals surface area contributed by atoms with E-state index in [1.54, 1.807) is 0 Å². The van der Waals surface area contributed by atoms with Gasteiger partial charge in [-0.15, -0.1) is 0 Å². The van der Waals surface area contributed by atoms with E-state index in [0.717, 1.165) is 5.56 Å². The Labute approximate surface area is 140 Å². The second-order valence-corrected chi connectivity index (χ2v) is 5.62. The Bertz CT molecular complexity index is 706. The van der Waals surface area contributed by atoms with Gasteiger partial charge in [0.25, 0.3) is 0 Å². The second-order valence-electron chi connectivity index (χ2n) is 4.30. The highest BCUT2D eigenvalue weighted by molar-refractivity contribution is 9.10. The first-order valence-electron chi connectivity index (χ1n) is 6.17. The van der Waals surface area contributed by atoms with Gasteiger partial charge in [0.2, 0.25) is 0 Å². The fourth-order valence-electron chi connectivity index (χ4n) is 1.73. The molecule has 0 bridgehead atoms. The quantitative estimate of drug-likeness (QED) is 0.811. The van der Waals surface area contributed by atoms with Gasteiger partial charge in [-0.25, -0.2) is 9.59 Å². The monoisotopic (exact) mass is 383 g/mol. The topological polar surface area (TPSA) is 75.6 Å². The van der Waals surface area contributed by atoms with Crippen molar-refractivity contribution in [3.05, 3.63) is 63.1 Å². The molecule has 0 radical (unpaired) electrons. The number of carbonyl (C=O) groups is 2. The van der Waals surface area contributed by atoms with Crippen molar-refractivity contribution in [1.82, 2.24) is 0 Å². The van der Waals surface area contributed by atoms with E-state index in [4.69, 9.17) is 21.4 Å². The number of amides is 1. The zero-order valence-electron chi connectivity index (χ0n) is 11.2. The molecule has 114 valence electrons. The lowest BCUT2D eigenvalue weighted by Gasteiger charge is -2.11. The predicted octanol–water partition coefficient (Wildman–Crippen LogP) is 4.55. The summed E-state index contributed by atoms with van der Waals surface area (Å²) in [6.07, 6.45) is -0.782. The highest BCUT2D eigenvalue weighted by Crippen LogP contribution is 2.30. The lowest BCUT2D eigenvalue weighted by molar-refractivity contribution is 0.0698. The molecule has 2 rings (SSSR count). The smallest absolute Gasteiger partial charge is 0.412 e. The van der Waals surface area contributed by atoms with Crippen LogP contribution >= 0.6 is 27.5 Å². The fraction of sp³-hybridized carbons (Fsp3) is 0.0667. The Balaban J connectivity index is 2.10. The number of anilines is 1. The summed E-state index contributed by atoms with van der Waals surface area (Å²) in [6, 6.07) is 12.0. The number of hydrogen-bond donors (Lipinski definition) is 2. The van der Waals surface area contributed by atoms with Crippen molar-refractivity contribution in [1.29, 1.82) is 0 Å². The van der Waals surface area contributed by atoms with E-state index < -0.39 is 12.1 Å². The van der Waals surface area contributed by atoms with Crippen molar-refractivity contribution in [3.63, 3.8) is 0 Å². The zero-order valence-corrected chi connectivity index (χ0v) is 13.5. The van der Waals surface area contributed by atoms with E-state index in [9.17, 15) is 9.59 Å². The van der Waals surface area contributed by atoms with Crippen molar-refractivity contribution >= 4 is 45.3 Å². The Morgan fingerprint density at radius 2 is 1.91 bits per heavy atom. The minimum absolute atomic E-state index is 0.00423. The number of carbonyl (C=O) groups excluding carboxylic acids is 1. The minimum Gasteiger partial charge on any atom is -0.478 e. The predicted molar refractivity (Wildman–Crippen MR) is 86.4 cm³/mol. The molecule has 5 nitrogen and oxygen atoms in total. The van der Waals surface area contributed by atoms with Gasteiger partial charge in [-0.05, 0) is 17.7 Å². The minimum atomic E-state index is -1.21. The molecule has 0 heterocycles. The molecule has 2 N–H and O–H groups in total. The van der Waals surface area contributed by atoms with Gasteiger partial charge in [0.15, 0.2) is 0 Å². The van der Waals surface area contributed by atoms with E-state index >= 15 is 0 Å². The van der Waals surface area contributed by atoms with Gasteiger partial charge in [0.05, 0.1) is 16.3 Å². The van der Waals surface area contributed by atoms with Gasteiger partial charge in [0, 0.05) is 4.47 Å². The number of carboxylic acid groups (broad SMARTS) is 1. The molecule has 0 aliphatic carbocycles. The van der Waals surface area contributed by atoms with Crippen LogP contribution in [-0.4, -0.2) is 17.2 Å². The van der Waals surface area contributed by atoms with Crippen molar-refractivity contribution in [3.8, 4) is 0 Å². The van der Waals surface area contributed by atoms with E-state index in [-0.39, 0.29) is 22.9 Å². The van der Waals surface area contributed by atoms with Crippen LogP contribution in [-0.2, 0) is 11.3 Å². The highest BCUT2D eigenvalue weighted by atomic mass is 79.9. The molecular formula is C15H11BrClNO4. The van der Waals surface area contributed by atoms with E-state index in [1.807, 2.05) is 30.3 Å². The molecule has 22 heavy (non-hydrogen) atoms. The van der Waals surface area contributed by atoms with Gasteiger partial charge < -0.3 is 9.84 Å². The SMILES string of the molecule is O=C(Nc1c(Cl)cc(Br)cc1C(=O)O)OCc1ccccc1. The van der Waals surface area contributed by atoms with Crippen molar-refractivity contribution in [2.75, 3.05) is 5.32 Å². The second kappa shape index (κ2) is 7.29. The molecule has 0 aromatic heterocycles. The van der Waals surface area contributed by atoms with E-state index in [0.29, 0.717) is 4.47 Å². The number of aromatic carboxylic acids is 1. The number of nitrogens with one attached hydrogen (secondary N) is 1. The number of hydrogen-bond acceptors (Lipinski definition) is 3. The molecule has 0 fully saturated rings. The summed E-state index contributed by atoms with van der Waals surface area (Å²) in [5.41, 5.74) is 0.685. The standard InChI is InChI=1S/C15H11BrClNO4/c16-10-6-11(14(19)20)13(12(17)7-10)18-15(21)22-8-9-4-2-1-3-5-9/h1-7H,8H2,(H,18,21)(H,19,20). The first kappa shape index (κ1) is 16.3. The maximum absolute atomic E-state index is 11.8. The molecule has 0 saturated carbocycles. The summed E-state index contributed by atoms with van der Waals surface area (Å²) in [6.45, 7) is 0.0726. The van der Waals surface area contributed by atoms with E-state index in [1.165, 1.54) is 12.1 Å². The van der Waals surface area contributed by atoms with E-state index in [2.05, 4.69) is 21.2 Å².